The van der Waals surface area contributed by atoms with Gasteiger partial charge >= 0.3 is 0 Å². The Morgan fingerprint density at radius 1 is 0.957 bits per heavy atom. The van der Waals surface area contributed by atoms with Crippen LogP contribution in [0.4, 0.5) is 0 Å². The van der Waals surface area contributed by atoms with Crippen LogP contribution in [0, 0.1) is 0 Å². The van der Waals surface area contributed by atoms with Crippen LogP contribution < -0.4 is 4.74 Å². The van der Waals surface area contributed by atoms with E-state index in [0.717, 1.165) is 58.9 Å². The van der Waals surface area contributed by atoms with E-state index in [1.54, 1.807) is 6.07 Å². The Balaban J connectivity index is 1.33. The molecule has 5 aromatic rings. The van der Waals surface area contributed by atoms with E-state index in [-0.39, 0.29) is 17.9 Å². The monoisotopic (exact) mass is 648 g/mol. The van der Waals surface area contributed by atoms with Gasteiger partial charge in [-0.25, -0.2) is 0 Å². The fraction of sp³-hybridized carbons (Fsp3) is 0.282. The van der Waals surface area contributed by atoms with Crippen molar-refractivity contribution < 1.29 is 14.6 Å². The molecule has 2 bridgehead atoms. The number of phenolic OH excluding ortho intramolecular Hbond substituents is 1. The molecule has 1 N–H and O–H groups in total. The number of fused-ring (bicyclic) bond motifs is 4. The smallest absolute Gasteiger partial charge is 0.166 e. The lowest BCUT2D eigenvalue weighted by molar-refractivity contribution is -0.209. The molecule has 2 aliphatic carbocycles. The second kappa shape index (κ2) is 10.4. The highest BCUT2D eigenvalue weighted by Crippen LogP contribution is 2.70. The van der Waals surface area contributed by atoms with E-state index >= 15 is 0 Å². The third-order valence-electron chi connectivity index (χ3n) is 11.2. The fourth-order valence-corrected chi connectivity index (χ4v) is 9.76. The number of likely N-dealkylation sites (tertiary alicyclic amines) is 1. The first-order valence-corrected chi connectivity index (χ1v) is 16.8. The highest BCUT2D eigenvalue weighted by Gasteiger charge is 2.74. The minimum Gasteiger partial charge on any atom is -0.504 e. The topological polar surface area (TPSA) is 46.9 Å². The van der Waals surface area contributed by atoms with Gasteiger partial charge in [0.05, 0.1) is 17.7 Å². The number of hydrogen-bond acceptors (Lipinski definition) is 4. The molecule has 1 fully saturated rings. The van der Waals surface area contributed by atoms with Gasteiger partial charge in [-0.3, -0.25) is 4.90 Å². The zero-order chi connectivity index (χ0) is 31.2. The number of para-hydroxylation sites is 1. The summed E-state index contributed by atoms with van der Waals surface area (Å²) in [6.07, 6.45) is 3.96. The molecule has 0 radical (unpaired) electrons. The first kappa shape index (κ1) is 28.5. The molecule has 1 aromatic heterocycles. The predicted molar refractivity (Wildman–Crippen MR) is 182 cm³/mol. The molecule has 0 amide bonds. The summed E-state index contributed by atoms with van der Waals surface area (Å²) in [7, 11) is 0. The van der Waals surface area contributed by atoms with E-state index in [2.05, 4.69) is 52.4 Å². The summed E-state index contributed by atoms with van der Waals surface area (Å²) in [6, 6.07) is 28.6. The van der Waals surface area contributed by atoms with Crippen LogP contribution in [0.25, 0.3) is 10.9 Å². The zero-order valence-electron chi connectivity index (χ0n) is 25.4. The Labute approximate surface area is 278 Å². The van der Waals surface area contributed by atoms with E-state index in [9.17, 15) is 5.11 Å². The molecule has 7 heteroatoms. The van der Waals surface area contributed by atoms with Crippen molar-refractivity contribution in [1.82, 2.24) is 9.47 Å². The van der Waals surface area contributed by atoms with Crippen LogP contribution in [0.5, 0.6) is 11.5 Å². The Bertz CT molecular complexity index is 2050. The summed E-state index contributed by atoms with van der Waals surface area (Å²) in [4.78, 5) is 2.55. The highest BCUT2D eigenvalue weighted by atomic mass is 35.5. The third-order valence-corrected chi connectivity index (χ3v) is 11.9. The highest BCUT2D eigenvalue weighted by molar-refractivity contribution is 6.31. The van der Waals surface area contributed by atoms with Crippen LogP contribution in [-0.4, -0.2) is 39.3 Å². The molecule has 0 saturated carbocycles. The third kappa shape index (κ3) is 3.71. The van der Waals surface area contributed by atoms with Gasteiger partial charge in [0.25, 0.3) is 0 Å². The number of piperidine rings is 1. The van der Waals surface area contributed by atoms with Crippen molar-refractivity contribution in [2.75, 3.05) is 13.1 Å². The van der Waals surface area contributed by atoms with Gasteiger partial charge in [-0.15, -0.1) is 6.58 Å². The standard InChI is InChI=1S/C39H34Cl2N2O3/c1-2-18-42-19-17-38-34-24-15-16-32(44)36(34)46-37(38)35-28(21-39(38,33(42)20-24)45-23-26-10-4-7-13-30(26)41)27-11-5-8-14-31(27)43(35)22-25-9-3-6-12-29(25)40/h2-16,33,37,44H,1,17-23H2/t33-,37+,38+,39-/m1/s1. The molecular formula is C39H34Cl2N2O3. The van der Waals surface area contributed by atoms with Crippen LogP contribution in [-0.2, 0) is 36.1 Å². The van der Waals surface area contributed by atoms with Crippen molar-refractivity contribution in [3.63, 3.8) is 0 Å². The Hall–Kier alpha value is -3.74. The molecule has 232 valence electrons. The van der Waals surface area contributed by atoms with Crippen molar-refractivity contribution >= 4 is 34.1 Å². The molecule has 0 unspecified atom stereocenters. The summed E-state index contributed by atoms with van der Waals surface area (Å²) in [5.74, 6) is 0.788. The van der Waals surface area contributed by atoms with Gasteiger partial charge in [-0.05, 0) is 59.4 Å². The lowest BCUT2D eigenvalue weighted by Crippen LogP contribution is -2.75. The molecule has 4 atom stereocenters. The van der Waals surface area contributed by atoms with E-state index in [1.165, 1.54) is 16.5 Å². The van der Waals surface area contributed by atoms with Crippen LogP contribution in [0.15, 0.2) is 97.6 Å². The number of aromatic nitrogens is 1. The number of hydrogen-bond donors (Lipinski definition) is 1. The fourth-order valence-electron chi connectivity index (χ4n) is 9.37. The summed E-state index contributed by atoms with van der Waals surface area (Å²) in [5.41, 5.74) is 6.71. The lowest BCUT2D eigenvalue weighted by atomic mass is 9.48. The Kier molecular flexibility index (Phi) is 6.43. The Morgan fingerprint density at radius 3 is 2.48 bits per heavy atom. The van der Waals surface area contributed by atoms with Crippen molar-refractivity contribution in [2.24, 2.45) is 0 Å². The van der Waals surface area contributed by atoms with Crippen LogP contribution >= 0.6 is 23.2 Å². The van der Waals surface area contributed by atoms with Crippen molar-refractivity contribution in [3.8, 4) is 11.5 Å². The SMILES string of the molecule is C=CCN1CC[C@]23c4c5ccc(O)c4O[C@H]2c2c(c4ccccc4n2Cc2ccccc2Cl)C[C@@]3(OCc2ccccc2Cl)[C@H]1C5. The van der Waals surface area contributed by atoms with E-state index < -0.39 is 11.0 Å². The van der Waals surface area contributed by atoms with Gasteiger partial charge < -0.3 is 19.1 Å². The molecule has 4 aliphatic rings. The number of benzene rings is 4. The van der Waals surface area contributed by atoms with Crippen LogP contribution in [0.1, 0.15) is 46.0 Å². The second-order valence-corrected chi connectivity index (χ2v) is 14.0. The largest absolute Gasteiger partial charge is 0.504 e. The number of aromatic hydroxyl groups is 1. The van der Waals surface area contributed by atoms with Crippen LogP contribution in [0.3, 0.4) is 0 Å². The normalized spacial score (nSPS) is 25.6. The van der Waals surface area contributed by atoms with Crippen molar-refractivity contribution in [3.05, 3.63) is 141 Å². The maximum Gasteiger partial charge on any atom is 0.166 e. The Morgan fingerprint density at radius 2 is 1.70 bits per heavy atom. The summed E-state index contributed by atoms with van der Waals surface area (Å²) in [5, 5.41) is 14.0. The molecule has 9 rings (SSSR count). The van der Waals surface area contributed by atoms with Gasteiger partial charge in [0.15, 0.2) is 17.6 Å². The number of halogens is 2. The molecule has 1 spiro atoms. The zero-order valence-corrected chi connectivity index (χ0v) is 26.9. The quantitative estimate of drug-likeness (QED) is 0.180. The van der Waals surface area contributed by atoms with Gasteiger partial charge in [0.2, 0.25) is 0 Å². The number of rotatable bonds is 7. The van der Waals surface area contributed by atoms with Crippen molar-refractivity contribution in [1.29, 1.82) is 0 Å². The van der Waals surface area contributed by atoms with Gasteiger partial charge in [0.1, 0.15) is 5.60 Å². The lowest BCUT2D eigenvalue weighted by Gasteiger charge is -2.64. The average Bonchev–Trinajstić information content (AvgIpc) is 3.57. The summed E-state index contributed by atoms with van der Waals surface area (Å²) < 4.78 is 17.0. The molecule has 4 aromatic carbocycles. The molecule has 1 saturated heterocycles. The van der Waals surface area contributed by atoms with Crippen LogP contribution in [0.2, 0.25) is 10.0 Å². The average molecular weight is 650 g/mol. The molecular weight excluding hydrogens is 615 g/mol. The van der Waals surface area contributed by atoms with Gasteiger partial charge in [0, 0.05) is 58.6 Å². The summed E-state index contributed by atoms with van der Waals surface area (Å²) in [6.45, 7) is 6.76. The van der Waals surface area contributed by atoms with E-state index in [0.29, 0.717) is 30.3 Å². The summed E-state index contributed by atoms with van der Waals surface area (Å²) >= 11 is 13.5. The number of ether oxygens (including phenoxy) is 2. The van der Waals surface area contributed by atoms with E-state index in [4.69, 9.17) is 32.7 Å². The minimum absolute atomic E-state index is 0.0645. The number of nitrogens with zero attached hydrogens (tertiary/aromatic N) is 2. The maximum absolute atomic E-state index is 11.4. The minimum atomic E-state index is -0.656. The number of phenols is 1. The maximum atomic E-state index is 11.4. The van der Waals surface area contributed by atoms with Crippen molar-refractivity contribution in [2.45, 2.75) is 55.6 Å². The first-order valence-electron chi connectivity index (χ1n) is 16.0. The molecule has 5 nitrogen and oxygen atoms in total. The van der Waals surface area contributed by atoms with Gasteiger partial charge in [-0.1, -0.05) is 89.9 Å². The first-order chi connectivity index (χ1) is 22.5. The second-order valence-electron chi connectivity index (χ2n) is 13.2. The predicted octanol–water partition coefficient (Wildman–Crippen LogP) is 8.40. The molecule has 3 heterocycles. The van der Waals surface area contributed by atoms with Gasteiger partial charge in [-0.2, -0.15) is 0 Å². The van der Waals surface area contributed by atoms with E-state index in [1.807, 2.05) is 48.5 Å². The molecule has 46 heavy (non-hydrogen) atoms. The molecule has 2 aliphatic heterocycles.